The quantitative estimate of drug-likeness (QED) is 0.776. The number of fused-ring (bicyclic) bond motifs is 1. The molecule has 1 aliphatic rings. The minimum absolute atomic E-state index is 0.0104. The van der Waals surface area contributed by atoms with E-state index in [-0.39, 0.29) is 11.8 Å². The van der Waals surface area contributed by atoms with Crippen molar-refractivity contribution in [2.75, 3.05) is 5.32 Å². The molecular formula is C18H18N4O2. The number of benzene rings is 1. The molecular weight excluding hydrogens is 304 g/mol. The lowest BCUT2D eigenvalue weighted by Gasteiger charge is -2.08. The molecule has 6 nitrogen and oxygen atoms in total. The van der Waals surface area contributed by atoms with Gasteiger partial charge in [-0.2, -0.15) is 4.98 Å². The first-order valence-corrected chi connectivity index (χ1v) is 8.00. The smallest absolute Gasteiger partial charge is 0.249 e. The summed E-state index contributed by atoms with van der Waals surface area (Å²) in [6, 6.07) is 7.70. The Morgan fingerprint density at radius 2 is 2.00 bits per heavy atom. The maximum absolute atomic E-state index is 11.9. The third-order valence-corrected chi connectivity index (χ3v) is 4.35. The van der Waals surface area contributed by atoms with E-state index in [9.17, 15) is 9.90 Å². The third kappa shape index (κ3) is 2.50. The topological polar surface area (TPSA) is 79.5 Å². The van der Waals surface area contributed by atoms with Gasteiger partial charge in [0.1, 0.15) is 5.75 Å². The van der Waals surface area contributed by atoms with Gasteiger partial charge < -0.3 is 5.11 Å². The normalized spacial score (nSPS) is 14.1. The maximum atomic E-state index is 11.9. The van der Waals surface area contributed by atoms with Crippen LogP contribution >= 0.6 is 0 Å². The molecule has 2 N–H and O–H groups in total. The number of nitrogens with one attached hydrogen (secondary N) is 1. The second kappa shape index (κ2) is 5.33. The number of pyridine rings is 1. The first kappa shape index (κ1) is 14.7. The Morgan fingerprint density at radius 3 is 2.67 bits per heavy atom. The number of aryl methyl sites for hydroxylation is 2. The molecule has 1 amide bonds. The number of phenolic OH excluding ortho intramolecular Hbond substituents is 1. The number of carbonyl (C=O) groups excluding carboxylic acids is 1. The molecule has 1 saturated carbocycles. The average molecular weight is 322 g/mol. The molecule has 0 aliphatic heterocycles. The zero-order valence-electron chi connectivity index (χ0n) is 13.6. The highest BCUT2D eigenvalue weighted by atomic mass is 16.3. The van der Waals surface area contributed by atoms with Gasteiger partial charge in [-0.05, 0) is 67.6 Å². The van der Waals surface area contributed by atoms with E-state index >= 15 is 0 Å². The Balaban J connectivity index is 1.78. The lowest BCUT2D eigenvalue weighted by atomic mass is 10.0. The van der Waals surface area contributed by atoms with Crippen LogP contribution < -0.4 is 5.32 Å². The second-order valence-corrected chi connectivity index (χ2v) is 6.35. The molecule has 4 rings (SSSR count). The van der Waals surface area contributed by atoms with Gasteiger partial charge in [0.2, 0.25) is 11.9 Å². The summed E-state index contributed by atoms with van der Waals surface area (Å²) in [7, 11) is 0. The molecule has 1 aliphatic carbocycles. The number of hydrogen-bond donors (Lipinski definition) is 2. The number of rotatable bonds is 3. The molecule has 3 aromatic rings. The Hall–Kier alpha value is -2.89. The van der Waals surface area contributed by atoms with Gasteiger partial charge in [0.25, 0.3) is 0 Å². The van der Waals surface area contributed by atoms with Gasteiger partial charge in [0.15, 0.2) is 5.65 Å². The summed E-state index contributed by atoms with van der Waals surface area (Å²) in [5, 5.41) is 17.1. The van der Waals surface area contributed by atoms with Crippen molar-refractivity contribution in [1.82, 2.24) is 14.6 Å². The van der Waals surface area contributed by atoms with Gasteiger partial charge in [-0.15, -0.1) is 5.10 Å². The fraction of sp³-hybridized carbons (Fsp3) is 0.278. The molecule has 6 heteroatoms. The van der Waals surface area contributed by atoms with Crippen molar-refractivity contribution in [3.63, 3.8) is 0 Å². The molecule has 24 heavy (non-hydrogen) atoms. The summed E-state index contributed by atoms with van der Waals surface area (Å²) in [6.45, 7) is 3.74. The monoisotopic (exact) mass is 322 g/mol. The van der Waals surface area contributed by atoms with Gasteiger partial charge in [0.05, 0.1) is 0 Å². The SMILES string of the molecule is Cc1cc(-c2cccn3nc(NC(=O)C4CC4)nc23)cc(C)c1O. The summed E-state index contributed by atoms with van der Waals surface area (Å²) in [5.41, 5.74) is 4.17. The molecule has 1 aromatic carbocycles. The van der Waals surface area contributed by atoms with Crippen molar-refractivity contribution in [3.05, 3.63) is 41.6 Å². The molecule has 0 bridgehead atoms. The molecule has 0 unspecified atom stereocenters. The van der Waals surface area contributed by atoms with E-state index in [1.54, 1.807) is 10.7 Å². The molecule has 1 fully saturated rings. The lowest BCUT2D eigenvalue weighted by Crippen LogP contribution is -2.14. The number of carbonyl (C=O) groups is 1. The first-order valence-electron chi connectivity index (χ1n) is 8.00. The number of hydrogen-bond acceptors (Lipinski definition) is 4. The van der Waals surface area contributed by atoms with Crippen molar-refractivity contribution >= 4 is 17.5 Å². The summed E-state index contributed by atoms with van der Waals surface area (Å²) >= 11 is 0. The van der Waals surface area contributed by atoms with Crippen LogP contribution in [0.25, 0.3) is 16.8 Å². The molecule has 0 atom stereocenters. The van der Waals surface area contributed by atoms with E-state index in [4.69, 9.17) is 0 Å². The Bertz CT molecular complexity index is 934. The highest BCUT2D eigenvalue weighted by Crippen LogP contribution is 2.32. The van der Waals surface area contributed by atoms with Crippen molar-refractivity contribution in [2.24, 2.45) is 5.92 Å². The fourth-order valence-electron chi connectivity index (χ4n) is 2.85. The van der Waals surface area contributed by atoms with Gasteiger partial charge in [-0.3, -0.25) is 10.1 Å². The van der Waals surface area contributed by atoms with Gasteiger partial charge in [-0.1, -0.05) is 0 Å². The number of amides is 1. The van der Waals surface area contributed by atoms with Crippen molar-refractivity contribution < 1.29 is 9.90 Å². The lowest BCUT2D eigenvalue weighted by molar-refractivity contribution is -0.117. The van der Waals surface area contributed by atoms with Crippen LogP contribution in [-0.2, 0) is 4.79 Å². The number of aromatic nitrogens is 3. The predicted molar refractivity (Wildman–Crippen MR) is 90.9 cm³/mol. The van der Waals surface area contributed by atoms with E-state index in [1.807, 2.05) is 38.1 Å². The number of aromatic hydroxyl groups is 1. The van der Waals surface area contributed by atoms with Gasteiger partial charge in [-0.25, -0.2) is 4.52 Å². The Kier molecular flexibility index (Phi) is 3.26. The van der Waals surface area contributed by atoms with E-state index in [2.05, 4.69) is 15.4 Å². The summed E-state index contributed by atoms with van der Waals surface area (Å²) in [4.78, 5) is 16.4. The molecule has 0 saturated heterocycles. The van der Waals surface area contributed by atoms with Crippen LogP contribution in [0.1, 0.15) is 24.0 Å². The third-order valence-electron chi connectivity index (χ3n) is 4.35. The standard InChI is InChI=1S/C18H18N4O2/c1-10-8-13(9-11(2)15(10)23)14-4-3-7-22-16(14)19-18(21-22)20-17(24)12-5-6-12/h3-4,7-9,12,23H,5-6H2,1-2H3,(H,20,21,24). The molecule has 2 heterocycles. The van der Waals surface area contributed by atoms with E-state index in [0.29, 0.717) is 17.3 Å². The minimum atomic E-state index is -0.0104. The van der Waals surface area contributed by atoms with Gasteiger partial charge in [0, 0.05) is 17.7 Å². The molecule has 0 radical (unpaired) electrons. The van der Waals surface area contributed by atoms with E-state index < -0.39 is 0 Å². The average Bonchev–Trinajstić information content (AvgIpc) is 3.32. The van der Waals surface area contributed by atoms with Crippen LogP contribution in [0.4, 0.5) is 5.95 Å². The Labute approximate surface area is 139 Å². The van der Waals surface area contributed by atoms with Crippen LogP contribution in [0.15, 0.2) is 30.5 Å². The second-order valence-electron chi connectivity index (χ2n) is 6.35. The Morgan fingerprint density at radius 1 is 1.29 bits per heavy atom. The minimum Gasteiger partial charge on any atom is -0.507 e. The van der Waals surface area contributed by atoms with Crippen LogP contribution in [0.3, 0.4) is 0 Å². The predicted octanol–water partition coefficient (Wildman–Crippen LogP) is 3.07. The van der Waals surface area contributed by atoms with Crippen molar-refractivity contribution in [3.8, 4) is 16.9 Å². The molecule has 122 valence electrons. The van der Waals surface area contributed by atoms with E-state index in [0.717, 1.165) is 35.1 Å². The van der Waals surface area contributed by atoms with Gasteiger partial charge >= 0.3 is 0 Å². The van der Waals surface area contributed by atoms with Crippen LogP contribution in [0.2, 0.25) is 0 Å². The highest BCUT2D eigenvalue weighted by Gasteiger charge is 2.30. The number of nitrogens with zero attached hydrogens (tertiary/aromatic N) is 3. The zero-order chi connectivity index (χ0) is 16.8. The number of anilines is 1. The number of phenols is 1. The molecule has 0 spiro atoms. The largest absolute Gasteiger partial charge is 0.507 e. The summed E-state index contributed by atoms with van der Waals surface area (Å²) in [5.74, 6) is 0.735. The summed E-state index contributed by atoms with van der Waals surface area (Å²) < 4.78 is 1.66. The zero-order valence-corrected chi connectivity index (χ0v) is 13.6. The first-order chi connectivity index (χ1) is 11.5. The van der Waals surface area contributed by atoms with Crippen LogP contribution in [0, 0.1) is 19.8 Å². The van der Waals surface area contributed by atoms with E-state index in [1.165, 1.54) is 0 Å². The van der Waals surface area contributed by atoms with Crippen LogP contribution in [0.5, 0.6) is 5.75 Å². The van der Waals surface area contributed by atoms with Crippen molar-refractivity contribution in [2.45, 2.75) is 26.7 Å². The molecule has 2 aromatic heterocycles. The fourth-order valence-corrected chi connectivity index (χ4v) is 2.85. The van der Waals surface area contributed by atoms with Crippen LogP contribution in [-0.4, -0.2) is 25.6 Å². The maximum Gasteiger partial charge on any atom is 0.249 e. The summed E-state index contributed by atoms with van der Waals surface area (Å²) in [6.07, 6.45) is 3.69. The highest BCUT2D eigenvalue weighted by molar-refractivity contribution is 5.93. The van der Waals surface area contributed by atoms with Crippen molar-refractivity contribution in [1.29, 1.82) is 0 Å².